The van der Waals surface area contributed by atoms with Gasteiger partial charge in [-0.1, -0.05) is 0 Å². The Hall–Kier alpha value is -1.56. The molecule has 3 heteroatoms. The van der Waals surface area contributed by atoms with E-state index in [2.05, 4.69) is 22.0 Å². The molecular formula is C11H13N3. The second-order valence-electron chi connectivity index (χ2n) is 3.60. The molecule has 0 radical (unpaired) electrons. The van der Waals surface area contributed by atoms with Crippen LogP contribution in [0.5, 0.6) is 0 Å². The summed E-state index contributed by atoms with van der Waals surface area (Å²) >= 11 is 0. The van der Waals surface area contributed by atoms with E-state index in [0.717, 1.165) is 25.9 Å². The molecule has 3 nitrogen and oxygen atoms in total. The molecule has 0 amide bonds. The molecular weight excluding hydrogens is 174 g/mol. The van der Waals surface area contributed by atoms with E-state index in [1.165, 1.54) is 5.69 Å². The zero-order chi connectivity index (χ0) is 9.80. The van der Waals surface area contributed by atoms with Crippen LogP contribution in [0.15, 0.2) is 24.5 Å². The van der Waals surface area contributed by atoms with Crippen molar-refractivity contribution in [3.8, 4) is 6.07 Å². The number of nitrogens with zero attached hydrogens (tertiary/aromatic N) is 3. The first-order valence-electron chi connectivity index (χ1n) is 4.95. The Kier molecular flexibility index (Phi) is 2.64. The Labute approximate surface area is 84.0 Å². The molecule has 0 spiro atoms. The van der Waals surface area contributed by atoms with Crippen molar-refractivity contribution in [1.29, 1.82) is 5.26 Å². The number of pyridine rings is 1. The third-order valence-corrected chi connectivity index (χ3v) is 2.69. The van der Waals surface area contributed by atoms with Crippen molar-refractivity contribution in [2.45, 2.75) is 12.8 Å². The van der Waals surface area contributed by atoms with E-state index < -0.39 is 0 Å². The van der Waals surface area contributed by atoms with E-state index in [1.54, 1.807) is 6.20 Å². The van der Waals surface area contributed by atoms with Crippen molar-refractivity contribution in [2.24, 2.45) is 5.92 Å². The molecule has 14 heavy (non-hydrogen) atoms. The summed E-state index contributed by atoms with van der Waals surface area (Å²) in [5.41, 5.74) is 1.17. The van der Waals surface area contributed by atoms with Gasteiger partial charge in [-0.3, -0.25) is 4.98 Å². The van der Waals surface area contributed by atoms with Gasteiger partial charge in [0.15, 0.2) is 0 Å². The quantitative estimate of drug-likeness (QED) is 0.673. The van der Waals surface area contributed by atoms with Crippen LogP contribution in [-0.2, 0) is 0 Å². The van der Waals surface area contributed by atoms with Crippen LogP contribution >= 0.6 is 0 Å². The van der Waals surface area contributed by atoms with Gasteiger partial charge < -0.3 is 4.90 Å². The summed E-state index contributed by atoms with van der Waals surface area (Å²) < 4.78 is 0. The minimum Gasteiger partial charge on any atom is -0.370 e. The van der Waals surface area contributed by atoms with Crippen LogP contribution in [0.4, 0.5) is 5.69 Å². The second-order valence-corrected chi connectivity index (χ2v) is 3.60. The zero-order valence-corrected chi connectivity index (χ0v) is 8.06. The van der Waals surface area contributed by atoms with Crippen LogP contribution in [0.2, 0.25) is 0 Å². The van der Waals surface area contributed by atoms with Crippen molar-refractivity contribution in [1.82, 2.24) is 4.98 Å². The summed E-state index contributed by atoms with van der Waals surface area (Å²) in [4.78, 5) is 6.38. The topological polar surface area (TPSA) is 39.9 Å². The number of hydrogen-bond donors (Lipinski definition) is 0. The van der Waals surface area contributed by atoms with E-state index >= 15 is 0 Å². The smallest absolute Gasteiger partial charge is 0.0657 e. The number of aromatic nitrogens is 1. The number of hydrogen-bond acceptors (Lipinski definition) is 3. The van der Waals surface area contributed by atoms with Crippen molar-refractivity contribution in [3.63, 3.8) is 0 Å². The van der Waals surface area contributed by atoms with Gasteiger partial charge in [0.1, 0.15) is 0 Å². The maximum absolute atomic E-state index is 8.77. The molecule has 0 bridgehead atoms. The first kappa shape index (κ1) is 9.01. The molecule has 1 aromatic rings. The van der Waals surface area contributed by atoms with Gasteiger partial charge in [-0.25, -0.2) is 0 Å². The summed E-state index contributed by atoms with van der Waals surface area (Å²) in [6.45, 7) is 1.95. The average Bonchev–Trinajstić information content (AvgIpc) is 2.30. The number of rotatable bonds is 1. The molecule has 0 N–H and O–H groups in total. The van der Waals surface area contributed by atoms with Gasteiger partial charge in [0.2, 0.25) is 0 Å². The SMILES string of the molecule is N#CC1CCN(c2cccnc2)CC1. The summed E-state index contributed by atoms with van der Waals surface area (Å²) in [5, 5.41) is 8.77. The average molecular weight is 187 g/mol. The third kappa shape index (κ3) is 1.85. The van der Waals surface area contributed by atoms with Crippen molar-refractivity contribution >= 4 is 5.69 Å². The van der Waals surface area contributed by atoms with Crippen LogP contribution in [-0.4, -0.2) is 18.1 Å². The molecule has 1 saturated heterocycles. The molecule has 1 aromatic heterocycles. The molecule has 1 fully saturated rings. The van der Waals surface area contributed by atoms with Gasteiger partial charge in [0.05, 0.1) is 18.0 Å². The van der Waals surface area contributed by atoms with E-state index in [4.69, 9.17) is 5.26 Å². The lowest BCUT2D eigenvalue weighted by molar-refractivity contribution is 0.487. The van der Waals surface area contributed by atoms with Gasteiger partial charge in [0.25, 0.3) is 0 Å². The van der Waals surface area contributed by atoms with Crippen molar-refractivity contribution in [3.05, 3.63) is 24.5 Å². The first-order valence-corrected chi connectivity index (χ1v) is 4.95. The molecule has 0 unspecified atom stereocenters. The Morgan fingerprint density at radius 3 is 2.79 bits per heavy atom. The van der Waals surface area contributed by atoms with Crippen LogP contribution < -0.4 is 4.90 Å². The highest BCUT2D eigenvalue weighted by Crippen LogP contribution is 2.21. The lowest BCUT2D eigenvalue weighted by Crippen LogP contribution is -2.33. The fraction of sp³-hybridized carbons (Fsp3) is 0.455. The van der Waals surface area contributed by atoms with Gasteiger partial charge in [-0.15, -0.1) is 0 Å². The molecule has 0 saturated carbocycles. The molecule has 1 aliphatic heterocycles. The summed E-state index contributed by atoms with van der Waals surface area (Å²) in [7, 11) is 0. The first-order chi connectivity index (χ1) is 6.90. The summed E-state index contributed by atoms with van der Waals surface area (Å²) in [5.74, 6) is 0.253. The van der Waals surface area contributed by atoms with Gasteiger partial charge in [-0.05, 0) is 25.0 Å². The molecule has 0 aliphatic carbocycles. The summed E-state index contributed by atoms with van der Waals surface area (Å²) in [6, 6.07) is 6.35. The maximum atomic E-state index is 8.77. The highest BCUT2D eigenvalue weighted by Gasteiger charge is 2.18. The fourth-order valence-corrected chi connectivity index (χ4v) is 1.81. The highest BCUT2D eigenvalue weighted by atomic mass is 15.1. The van der Waals surface area contributed by atoms with Crippen LogP contribution in [0, 0.1) is 17.2 Å². The minimum atomic E-state index is 0.253. The monoisotopic (exact) mass is 187 g/mol. The van der Waals surface area contributed by atoms with Crippen LogP contribution in [0.25, 0.3) is 0 Å². The molecule has 0 atom stereocenters. The summed E-state index contributed by atoms with van der Waals surface area (Å²) in [6.07, 6.45) is 5.62. The number of piperidine rings is 1. The maximum Gasteiger partial charge on any atom is 0.0657 e. The predicted molar refractivity (Wildman–Crippen MR) is 54.8 cm³/mol. The van der Waals surface area contributed by atoms with E-state index in [-0.39, 0.29) is 5.92 Å². The van der Waals surface area contributed by atoms with Crippen LogP contribution in [0.1, 0.15) is 12.8 Å². The fourth-order valence-electron chi connectivity index (χ4n) is 1.81. The van der Waals surface area contributed by atoms with Gasteiger partial charge in [-0.2, -0.15) is 5.26 Å². The normalized spacial score (nSPS) is 17.8. The molecule has 0 aromatic carbocycles. The molecule has 2 heterocycles. The second kappa shape index (κ2) is 4.10. The lowest BCUT2D eigenvalue weighted by Gasteiger charge is -2.30. The number of anilines is 1. The van der Waals surface area contributed by atoms with Crippen molar-refractivity contribution < 1.29 is 0 Å². The lowest BCUT2D eigenvalue weighted by atomic mass is 9.98. The van der Waals surface area contributed by atoms with E-state index in [9.17, 15) is 0 Å². The molecule has 2 rings (SSSR count). The van der Waals surface area contributed by atoms with Gasteiger partial charge >= 0.3 is 0 Å². The van der Waals surface area contributed by atoms with E-state index in [0.29, 0.717) is 0 Å². The minimum absolute atomic E-state index is 0.253. The van der Waals surface area contributed by atoms with E-state index in [1.807, 2.05) is 12.3 Å². The number of nitriles is 1. The Morgan fingerprint density at radius 1 is 1.43 bits per heavy atom. The highest BCUT2D eigenvalue weighted by molar-refractivity contribution is 5.43. The third-order valence-electron chi connectivity index (χ3n) is 2.69. The Bertz CT molecular complexity index is 320. The Morgan fingerprint density at radius 2 is 2.21 bits per heavy atom. The molecule has 72 valence electrons. The zero-order valence-electron chi connectivity index (χ0n) is 8.06. The predicted octanol–water partition coefficient (Wildman–Crippen LogP) is 1.82. The van der Waals surface area contributed by atoms with Gasteiger partial charge in [0, 0.05) is 25.2 Å². The van der Waals surface area contributed by atoms with Crippen LogP contribution in [0.3, 0.4) is 0 Å². The van der Waals surface area contributed by atoms with Crippen molar-refractivity contribution in [2.75, 3.05) is 18.0 Å². The Balaban J connectivity index is 2.00. The largest absolute Gasteiger partial charge is 0.370 e. The standard InChI is InChI=1S/C11H13N3/c12-8-10-3-6-14(7-4-10)11-2-1-5-13-9-11/h1-2,5,9-10H,3-4,6-7H2. The molecule has 1 aliphatic rings.